The van der Waals surface area contributed by atoms with Gasteiger partial charge < -0.3 is 9.84 Å². The smallest absolute Gasteiger partial charge is 0.303 e. The number of aryl methyl sites for hydroxylation is 2. The quantitative estimate of drug-likeness (QED) is 0.805. The van der Waals surface area contributed by atoms with Crippen LogP contribution in [0.3, 0.4) is 0 Å². The first-order chi connectivity index (χ1) is 8.54. The van der Waals surface area contributed by atoms with E-state index in [1.54, 1.807) is 0 Å². The summed E-state index contributed by atoms with van der Waals surface area (Å²) in [5.41, 5.74) is 3.62. The highest BCUT2D eigenvalue weighted by molar-refractivity contribution is 5.66. The van der Waals surface area contributed by atoms with Crippen LogP contribution in [-0.2, 0) is 11.2 Å². The number of aliphatic carboxylic acids is 1. The topological polar surface area (TPSA) is 46.5 Å². The van der Waals surface area contributed by atoms with Crippen molar-refractivity contribution in [3.05, 3.63) is 28.8 Å². The van der Waals surface area contributed by atoms with Crippen molar-refractivity contribution in [1.82, 2.24) is 0 Å². The summed E-state index contributed by atoms with van der Waals surface area (Å²) in [5, 5.41) is 8.65. The van der Waals surface area contributed by atoms with Crippen molar-refractivity contribution in [3.8, 4) is 5.75 Å². The molecule has 0 spiro atoms. The average molecular weight is 250 g/mol. The molecule has 0 amide bonds. The van der Waals surface area contributed by atoms with Crippen LogP contribution in [-0.4, -0.2) is 17.7 Å². The lowest BCUT2D eigenvalue weighted by atomic mass is 9.97. The third-order valence-corrected chi connectivity index (χ3v) is 2.96. The Labute approximate surface area is 109 Å². The van der Waals surface area contributed by atoms with Gasteiger partial charge in [-0.3, -0.25) is 4.79 Å². The Kier molecular flexibility index (Phi) is 5.69. The standard InChI is InChI=1S/C15H22O3/c1-4-8-18-13-9-11(2)14(12(3)10-13)6-5-7-15(16)17/h9-10H,4-8H2,1-3H3,(H,16,17). The molecule has 0 atom stereocenters. The number of carbonyl (C=O) groups is 1. The minimum absolute atomic E-state index is 0.229. The molecule has 0 aromatic heterocycles. The Balaban J connectivity index is 2.71. The largest absolute Gasteiger partial charge is 0.494 e. The predicted molar refractivity (Wildman–Crippen MR) is 72.3 cm³/mol. The van der Waals surface area contributed by atoms with Crippen molar-refractivity contribution >= 4 is 5.97 Å². The Morgan fingerprint density at radius 3 is 2.39 bits per heavy atom. The van der Waals surface area contributed by atoms with Crippen LogP contribution in [0.15, 0.2) is 12.1 Å². The molecule has 1 aromatic carbocycles. The molecule has 1 rings (SSSR count). The van der Waals surface area contributed by atoms with Crippen LogP contribution >= 0.6 is 0 Å². The summed E-state index contributed by atoms with van der Waals surface area (Å²) in [6.07, 6.45) is 2.73. The number of rotatable bonds is 7. The molecule has 18 heavy (non-hydrogen) atoms. The molecule has 0 aliphatic rings. The van der Waals surface area contributed by atoms with Gasteiger partial charge in [0.25, 0.3) is 0 Å². The second-order valence-electron chi connectivity index (χ2n) is 4.63. The summed E-state index contributed by atoms with van der Waals surface area (Å²) >= 11 is 0. The zero-order chi connectivity index (χ0) is 13.5. The molecule has 3 heteroatoms. The van der Waals surface area contributed by atoms with Crippen LogP contribution in [0.25, 0.3) is 0 Å². The highest BCUT2D eigenvalue weighted by Crippen LogP contribution is 2.23. The number of hydrogen-bond acceptors (Lipinski definition) is 2. The third-order valence-electron chi connectivity index (χ3n) is 2.96. The monoisotopic (exact) mass is 250 g/mol. The summed E-state index contributed by atoms with van der Waals surface area (Å²) in [7, 11) is 0. The molecule has 0 saturated heterocycles. The van der Waals surface area contributed by atoms with E-state index in [-0.39, 0.29) is 6.42 Å². The number of hydrogen-bond donors (Lipinski definition) is 1. The molecule has 1 aromatic rings. The Morgan fingerprint density at radius 1 is 1.28 bits per heavy atom. The van der Waals surface area contributed by atoms with Gasteiger partial charge >= 0.3 is 5.97 Å². The van der Waals surface area contributed by atoms with Gasteiger partial charge in [0.2, 0.25) is 0 Å². The van der Waals surface area contributed by atoms with Crippen molar-refractivity contribution in [2.75, 3.05) is 6.61 Å². The van der Waals surface area contributed by atoms with Gasteiger partial charge in [-0.15, -0.1) is 0 Å². The van der Waals surface area contributed by atoms with E-state index in [9.17, 15) is 4.79 Å². The van der Waals surface area contributed by atoms with Crippen LogP contribution in [0.5, 0.6) is 5.75 Å². The van der Waals surface area contributed by atoms with E-state index in [4.69, 9.17) is 9.84 Å². The van der Waals surface area contributed by atoms with Crippen molar-refractivity contribution in [3.63, 3.8) is 0 Å². The zero-order valence-corrected chi connectivity index (χ0v) is 11.5. The van der Waals surface area contributed by atoms with E-state index < -0.39 is 5.97 Å². The van der Waals surface area contributed by atoms with E-state index >= 15 is 0 Å². The molecule has 0 heterocycles. The Hall–Kier alpha value is -1.51. The van der Waals surface area contributed by atoms with E-state index in [0.717, 1.165) is 25.2 Å². The molecule has 0 saturated carbocycles. The number of ether oxygens (including phenoxy) is 1. The molecular weight excluding hydrogens is 228 g/mol. The predicted octanol–water partition coefficient (Wildman–Crippen LogP) is 3.50. The van der Waals surface area contributed by atoms with E-state index in [2.05, 4.69) is 20.8 Å². The molecule has 0 aliphatic heterocycles. The van der Waals surface area contributed by atoms with Crippen LogP contribution < -0.4 is 4.74 Å². The molecule has 0 unspecified atom stereocenters. The fraction of sp³-hybridized carbons (Fsp3) is 0.533. The second-order valence-corrected chi connectivity index (χ2v) is 4.63. The average Bonchev–Trinajstić information content (AvgIpc) is 2.29. The van der Waals surface area contributed by atoms with Crippen molar-refractivity contribution in [2.24, 2.45) is 0 Å². The first-order valence-corrected chi connectivity index (χ1v) is 6.49. The van der Waals surface area contributed by atoms with Gasteiger partial charge in [0.05, 0.1) is 6.61 Å². The van der Waals surface area contributed by atoms with Gasteiger partial charge in [0, 0.05) is 6.42 Å². The van der Waals surface area contributed by atoms with E-state index in [1.807, 2.05) is 12.1 Å². The SMILES string of the molecule is CCCOc1cc(C)c(CCCC(=O)O)c(C)c1. The van der Waals surface area contributed by atoms with Gasteiger partial charge in [0.15, 0.2) is 0 Å². The molecule has 0 radical (unpaired) electrons. The molecule has 100 valence electrons. The molecule has 0 fully saturated rings. The summed E-state index contributed by atoms with van der Waals surface area (Å²) in [4.78, 5) is 10.5. The first-order valence-electron chi connectivity index (χ1n) is 6.49. The van der Waals surface area contributed by atoms with Crippen LogP contribution in [0.4, 0.5) is 0 Å². The van der Waals surface area contributed by atoms with Gasteiger partial charge in [-0.25, -0.2) is 0 Å². The van der Waals surface area contributed by atoms with E-state index in [0.29, 0.717) is 6.42 Å². The number of benzene rings is 1. The summed E-state index contributed by atoms with van der Waals surface area (Å²) in [6, 6.07) is 4.08. The second kappa shape index (κ2) is 7.04. The van der Waals surface area contributed by atoms with Gasteiger partial charge in [-0.05, 0) is 61.9 Å². The van der Waals surface area contributed by atoms with Crippen molar-refractivity contribution in [2.45, 2.75) is 46.5 Å². The van der Waals surface area contributed by atoms with E-state index in [1.165, 1.54) is 16.7 Å². The lowest BCUT2D eigenvalue weighted by Gasteiger charge is -2.13. The lowest BCUT2D eigenvalue weighted by Crippen LogP contribution is -2.01. The zero-order valence-electron chi connectivity index (χ0n) is 11.5. The van der Waals surface area contributed by atoms with Gasteiger partial charge in [0.1, 0.15) is 5.75 Å². The van der Waals surface area contributed by atoms with Crippen LogP contribution in [0.1, 0.15) is 42.9 Å². The first kappa shape index (κ1) is 14.6. The highest BCUT2D eigenvalue weighted by Gasteiger charge is 2.07. The highest BCUT2D eigenvalue weighted by atomic mass is 16.5. The third kappa shape index (κ3) is 4.40. The fourth-order valence-electron chi connectivity index (χ4n) is 2.07. The maximum Gasteiger partial charge on any atom is 0.303 e. The van der Waals surface area contributed by atoms with Crippen molar-refractivity contribution in [1.29, 1.82) is 0 Å². The fourth-order valence-corrected chi connectivity index (χ4v) is 2.07. The normalized spacial score (nSPS) is 10.4. The van der Waals surface area contributed by atoms with Crippen molar-refractivity contribution < 1.29 is 14.6 Å². The Bertz CT molecular complexity index is 387. The minimum atomic E-state index is -0.729. The summed E-state index contributed by atoms with van der Waals surface area (Å²) < 4.78 is 5.62. The molecule has 0 aliphatic carbocycles. The minimum Gasteiger partial charge on any atom is -0.494 e. The van der Waals surface area contributed by atoms with Crippen LogP contribution in [0.2, 0.25) is 0 Å². The maximum absolute atomic E-state index is 10.5. The summed E-state index contributed by atoms with van der Waals surface area (Å²) in [5.74, 6) is 0.182. The van der Waals surface area contributed by atoms with Gasteiger partial charge in [-0.2, -0.15) is 0 Å². The number of carboxylic acids is 1. The van der Waals surface area contributed by atoms with Crippen LogP contribution in [0, 0.1) is 13.8 Å². The Morgan fingerprint density at radius 2 is 1.89 bits per heavy atom. The lowest BCUT2D eigenvalue weighted by molar-refractivity contribution is -0.137. The molecular formula is C15H22O3. The molecule has 0 bridgehead atoms. The maximum atomic E-state index is 10.5. The summed E-state index contributed by atoms with van der Waals surface area (Å²) in [6.45, 7) is 6.93. The van der Waals surface area contributed by atoms with Gasteiger partial charge in [-0.1, -0.05) is 6.92 Å². The molecule has 1 N–H and O–H groups in total. The molecule has 3 nitrogen and oxygen atoms in total. The number of carboxylic acid groups (broad SMARTS) is 1.